The van der Waals surface area contributed by atoms with Crippen molar-refractivity contribution in [1.29, 1.82) is 0 Å². The molecule has 0 spiro atoms. The number of amides is 2. The predicted molar refractivity (Wildman–Crippen MR) is 78.3 cm³/mol. The number of ether oxygens (including phenoxy) is 1. The summed E-state index contributed by atoms with van der Waals surface area (Å²) in [7, 11) is 0. The van der Waals surface area contributed by atoms with E-state index in [4.69, 9.17) is 9.84 Å². The maximum absolute atomic E-state index is 12.0. The third kappa shape index (κ3) is 7.22. The van der Waals surface area contributed by atoms with Crippen LogP contribution in [-0.4, -0.2) is 54.4 Å². The second-order valence-electron chi connectivity index (χ2n) is 4.33. The van der Waals surface area contributed by atoms with E-state index < -0.39 is 24.7 Å². The monoisotopic (exact) mass is 398 g/mol. The number of nitrogens with one attached hydrogen (secondary N) is 1. The van der Waals surface area contributed by atoms with Crippen LogP contribution in [0, 0.1) is 0 Å². The Bertz CT molecular complexity index is 554. The molecule has 0 saturated carbocycles. The zero-order chi connectivity index (χ0) is 17.5. The number of halogens is 4. The van der Waals surface area contributed by atoms with E-state index in [0.29, 0.717) is 5.75 Å². The molecule has 1 aromatic rings. The Balaban J connectivity index is 2.38. The fourth-order valence-electron chi connectivity index (χ4n) is 1.54. The number of carboxylic acid groups (broad SMARTS) is 1. The lowest BCUT2D eigenvalue weighted by Crippen LogP contribution is -2.43. The van der Waals surface area contributed by atoms with Crippen LogP contribution in [0.1, 0.15) is 0 Å². The Morgan fingerprint density at radius 2 is 2.00 bits per heavy atom. The fourth-order valence-corrected chi connectivity index (χ4v) is 1.92. The van der Waals surface area contributed by atoms with Crippen LogP contribution in [0.5, 0.6) is 5.75 Å². The molecule has 0 atom stereocenters. The highest BCUT2D eigenvalue weighted by Crippen LogP contribution is 2.17. The lowest BCUT2D eigenvalue weighted by Gasteiger charge is -2.19. The number of hydrogen-bond donors (Lipinski definition) is 2. The molecule has 0 radical (unpaired) electrons. The molecule has 2 amide bonds. The van der Waals surface area contributed by atoms with E-state index in [0.717, 1.165) is 9.37 Å². The van der Waals surface area contributed by atoms with Crippen molar-refractivity contribution in [2.24, 2.45) is 0 Å². The molecular weight excluding hydrogens is 385 g/mol. The molecule has 0 aromatic heterocycles. The summed E-state index contributed by atoms with van der Waals surface area (Å²) in [5, 5.41) is 10.6. The van der Waals surface area contributed by atoms with Crippen LogP contribution < -0.4 is 10.1 Å². The number of nitrogens with zero attached hydrogens (tertiary/aromatic N) is 1. The summed E-state index contributed by atoms with van der Waals surface area (Å²) >= 11 is 3.25. The molecule has 0 heterocycles. The second-order valence-corrected chi connectivity index (χ2v) is 5.24. The van der Waals surface area contributed by atoms with Gasteiger partial charge in [0.2, 0.25) is 0 Å². The molecule has 23 heavy (non-hydrogen) atoms. The van der Waals surface area contributed by atoms with E-state index in [1.807, 2.05) is 0 Å². The first-order valence-corrected chi connectivity index (χ1v) is 7.20. The number of carbonyl (C=O) groups is 2. The third-order valence-corrected chi connectivity index (χ3v) is 3.11. The highest BCUT2D eigenvalue weighted by atomic mass is 79.9. The largest absolute Gasteiger partial charge is 0.492 e. The molecule has 1 aromatic carbocycles. The number of carbonyl (C=O) groups excluding carboxylic acids is 1. The molecule has 0 bridgehead atoms. The Kier molecular flexibility index (Phi) is 7.14. The van der Waals surface area contributed by atoms with Gasteiger partial charge < -0.3 is 20.1 Å². The zero-order valence-electron chi connectivity index (χ0n) is 11.8. The van der Waals surface area contributed by atoms with Crippen molar-refractivity contribution in [3.8, 4) is 5.75 Å². The topological polar surface area (TPSA) is 78.9 Å². The summed E-state index contributed by atoms with van der Waals surface area (Å²) in [6, 6.07) is 6.90. The van der Waals surface area contributed by atoms with E-state index in [2.05, 4.69) is 15.9 Å². The quantitative estimate of drug-likeness (QED) is 0.739. The molecule has 0 aliphatic carbocycles. The summed E-state index contributed by atoms with van der Waals surface area (Å²) in [6.07, 6.45) is -6.30. The Morgan fingerprint density at radius 1 is 1.30 bits per heavy atom. The third-order valence-electron chi connectivity index (χ3n) is 2.62. The van der Waals surface area contributed by atoms with Crippen molar-refractivity contribution in [2.75, 3.05) is 26.2 Å². The summed E-state index contributed by atoms with van der Waals surface area (Å²) in [5.41, 5.74) is 0. The Labute approximate surface area is 138 Å². The number of hydrogen-bond acceptors (Lipinski definition) is 3. The lowest BCUT2D eigenvalue weighted by atomic mass is 10.3. The first kappa shape index (κ1) is 19.1. The summed E-state index contributed by atoms with van der Waals surface area (Å²) in [5.74, 6) is -1.58. The van der Waals surface area contributed by atoms with Crippen molar-refractivity contribution in [3.05, 3.63) is 28.7 Å². The maximum atomic E-state index is 12.0. The van der Waals surface area contributed by atoms with Crippen LogP contribution in [0.3, 0.4) is 0 Å². The molecule has 1 rings (SSSR count). The molecule has 128 valence electrons. The average Bonchev–Trinajstić information content (AvgIpc) is 2.44. The van der Waals surface area contributed by atoms with Gasteiger partial charge in [0, 0.05) is 17.6 Å². The average molecular weight is 399 g/mol. The predicted octanol–water partition coefficient (Wildman–Crippen LogP) is 2.49. The summed E-state index contributed by atoms with van der Waals surface area (Å²) < 4.78 is 42.1. The number of benzene rings is 1. The van der Waals surface area contributed by atoms with E-state index in [1.165, 1.54) is 0 Å². The minimum atomic E-state index is -4.99. The van der Waals surface area contributed by atoms with Gasteiger partial charge in [-0.15, -0.1) is 0 Å². The Morgan fingerprint density at radius 3 is 2.57 bits per heavy atom. The molecule has 0 aliphatic rings. The summed E-state index contributed by atoms with van der Waals surface area (Å²) in [4.78, 5) is 22.5. The molecule has 0 unspecified atom stereocenters. The van der Waals surface area contributed by atoms with Gasteiger partial charge in [-0.3, -0.25) is 4.79 Å². The van der Waals surface area contributed by atoms with Crippen LogP contribution in [0.4, 0.5) is 18.0 Å². The van der Waals surface area contributed by atoms with Gasteiger partial charge >= 0.3 is 18.2 Å². The van der Waals surface area contributed by atoms with Crippen LogP contribution in [0.2, 0.25) is 0 Å². The lowest BCUT2D eigenvalue weighted by molar-refractivity contribution is -0.173. The van der Waals surface area contributed by atoms with Crippen molar-refractivity contribution in [1.82, 2.24) is 10.2 Å². The van der Waals surface area contributed by atoms with E-state index in [-0.39, 0.29) is 19.7 Å². The van der Waals surface area contributed by atoms with Crippen LogP contribution >= 0.6 is 15.9 Å². The molecular formula is C13H14BrF3N2O4. The molecule has 0 saturated heterocycles. The second kappa shape index (κ2) is 8.61. The molecule has 0 aliphatic heterocycles. The summed E-state index contributed by atoms with van der Waals surface area (Å²) in [6.45, 7) is -0.750. The molecule has 6 nitrogen and oxygen atoms in total. The SMILES string of the molecule is O=C(O)N(CCNC(=O)C(F)(F)F)CCOc1cccc(Br)c1. The number of alkyl halides is 3. The first-order chi connectivity index (χ1) is 10.7. The van der Waals surface area contributed by atoms with Crippen molar-refractivity contribution in [3.63, 3.8) is 0 Å². The minimum Gasteiger partial charge on any atom is -0.492 e. The van der Waals surface area contributed by atoms with E-state index in [9.17, 15) is 22.8 Å². The van der Waals surface area contributed by atoms with Gasteiger partial charge in [-0.1, -0.05) is 22.0 Å². The van der Waals surface area contributed by atoms with Gasteiger partial charge in [-0.25, -0.2) is 4.79 Å². The van der Waals surface area contributed by atoms with E-state index >= 15 is 0 Å². The maximum Gasteiger partial charge on any atom is 0.471 e. The molecule has 10 heteroatoms. The molecule has 2 N–H and O–H groups in total. The van der Waals surface area contributed by atoms with Gasteiger partial charge in [0.05, 0.1) is 6.54 Å². The van der Waals surface area contributed by atoms with Gasteiger partial charge in [0.25, 0.3) is 0 Å². The zero-order valence-corrected chi connectivity index (χ0v) is 13.4. The van der Waals surface area contributed by atoms with Crippen molar-refractivity contribution >= 4 is 27.9 Å². The van der Waals surface area contributed by atoms with E-state index in [1.54, 1.807) is 29.6 Å². The Hall–Kier alpha value is -1.97. The van der Waals surface area contributed by atoms with Crippen molar-refractivity contribution < 1.29 is 32.6 Å². The highest BCUT2D eigenvalue weighted by Gasteiger charge is 2.38. The van der Waals surface area contributed by atoms with Gasteiger partial charge in [-0.2, -0.15) is 13.2 Å². The van der Waals surface area contributed by atoms with Crippen LogP contribution in [0.15, 0.2) is 28.7 Å². The van der Waals surface area contributed by atoms with Gasteiger partial charge in [0.15, 0.2) is 0 Å². The molecule has 0 fully saturated rings. The van der Waals surface area contributed by atoms with Crippen molar-refractivity contribution in [2.45, 2.75) is 6.18 Å². The number of rotatable bonds is 7. The smallest absolute Gasteiger partial charge is 0.471 e. The fraction of sp³-hybridized carbons (Fsp3) is 0.385. The normalized spacial score (nSPS) is 11.0. The van der Waals surface area contributed by atoms with Gasteiger partial charge in [0.1, 0.15) is 12.4 Å². The highest BCUT2D eigenvalue weighted by molar-refractivity contribution is 9.10. The minimum absolute atomic E-state index is 0.0238. The van der Waals surface area contributed by atoms with Crippen LogP contribution in [-0.2, 0) is 4.79 Å². The standard InChI is InChI=1S/C13H14BrF3N2O4/c14-9-2-1-3-10(8-9)23-7-6-19(12(21)22)5-4-18-11(20)13(15,16)17/h1-3,8H,4-7H2,(H,18,20)(H,21,22). The van der Waals surface area contributed by atoms with Crippen LogP contribution in [0.25, 0.3) is 0 Å². The van der Waals surface area contributed by atoms with Gasteiger partial charge in [-0.05, 0) is 18.2 Å². The first-order valence-electron chi connectivity index (χ1n) is 6.41.